The molecule has 0 aromatic heterocycles. The first-order chi connectivity index (χ1) is 12.9. The highest BCUT2D eigenvalue weighted by atomic mass is 32.2. The van der Waals surface area contributed by atoms with Crippen molar-refractivity contribution in [1.82, 2.24) is 5.32 Å². The van der Waals surface area contributed by atoms with Crippen molar-refractivity contribution in [2.24, 2.45) is 5.14 Å². The van der Waals surface area contributed by atoms with Crippen molar-refractivity contribution in [3.63, 3.8) is 0 Å². The Bertz CT molecular complexity index is 857. The zero-order chi connectivity index (χ0) is 19.9. The first-order valence-electron chi connectivity index (χ1n) is 8.28. The van der Waals surface area contributed by atoms with Gasteiger partial charge in [0.25, 0.3) is 0 Å². The maximum Gasteiger partial charge on any atom is 0.238 e. The number of primary sulfonamides is 1. The first-order valence-corrected chi connectivity index (χ1v) is 9.82. The van der Waals surface area contributed by atoms with E-state index in [4.69, 9.17) is 14.6 Å². The van der Waals surface area contributed by atoms with Crippen molar-refractivity contribution in [1.29, 1.82) is 0 Å². The van der Waals surface area contributed by atoms with Crippen LogP contribution in [0.15, 0.2) is 47.4 Å². The lowest BCUT2D eigenvalue weighted by Crippen LogP contribution is -2.26. The van der Waals surface area contributed by atoms with Crippen LogP contribution in [-0.4, -0.2) is 45.4 Å². The third-order valence-corrected chi connectivity index (χ3v) is 4.89. The summed E-state index contributed by atoms with van der Waals surface area (Å²) in [5.74, 6) is 1.26. The van der Waals surface area contributed by atoms with Gasteiger partial charge in [0.1, 0.15) is 6.61 Å². The second-order valence-corrected chi connectivity index (χ2v) is 7.32. The second-order valence-electron chi connectivity index (χ2n) is 5.79. The van der Waals surface area contributed by atoms with Crippen LogP contribution in [0, 0.1) is 0 Å². The second kappa shape index (κ2) is 9.67. The number of para-hydroxylation sites is 2. The number of nitrogens with one attached hydrogen (secondary N) is 1. The summed E-state index contributed by atoms with van der Waals surface area (Å²) in [4.78, 5) is -0.193. The fraction of sp³-hybridized carbons (Fsp3) is 0.333. The zero-order valence-corrected chi connectivity index (χ0v) is 15.8. The minimum absolute atomic E-state index is 0.187. The van der Waals surface area contributed by atoms with Crippen LogP contribution >= 0.6 is 0 Å². The molecule has 2 rings (SSSR count). The molecular weight excluding hydrogens is 372 g/mol. The van der Waals surface area contributed by atoms with Gasteiger partial charge >= 0.3 is 0 Å². The molecule has 0 amide bonds. The zero-order valence-electron chi connectivity index (χ0n) is 15.0. The van der Waals surface area contributed by atoms with Crippen molar-refractivity contribution < 1.29 is 28.1 Å². The highest BCUT2D eigenvalue weighted by molar-refractivity contribution is 7.89. The lowest BCUT2D eigenvalue weighted by Gasteiger charge is -2.15. The maximum absolute atomic E-state index is 11.6. The van der Waals surface area contributed by atoms with Gasteiger partial charge in [-0.2, -0.15) is 0 Å². The summed E-state index contributed by atoms with van der Waals surface area (Å²) in [5.41, 5.74) is 0.570. The maximum atomic E-state index is 11.6. The van der Waals surface area contributed by atoms with E-state index in [0.29, 0.717) is 30.2 Å². The third kappa shape index (κ3) is 5.91. The van der Waals surface area contributed by atoms with E-state index in [1.165, 1.54) is 12.1 Å². The summed E-state index contributed by atoms with van der Waals surface area (Å²) in [6.45, 7) is 0.559. The molecule has 0 bridgehead atoms. The molecule has 148 valence electrons. The quantitative estimate of drug-likeness (QED) is 0.431. The molecule has 1 unspecified atom stereocenters. The highest BCUT2D eigenvalue weighted by Crippen LogP contribution is 2.25. The molecule has 2 aromatic rings. The van der Waals surface area contributed by atoms with E-state index < -0.39 is 22.7 Å². The fourth-order valence-corrected chi connectivity index (χ4v) is 3.30. The molecule has 0 spiro atoms. The van der Waals surface area contributed by atoms with E-state index in [9.17, 15) is 18.6 Å². The smallest absolute Gasteiger partial charge is 0.238 e. The summed E-state index contributed by atoms with van der Waals surface area (Å²) >= 11 is 0. The Kier molecular flexibility index (Phi) is 7.57. The lowest BCUT2D eigenvalue weighted by atomic mass is 10.1. The van der Waals surface area contributed by atoms with Crippen LogP contribution in [0.4, 0.5) is 0 Å². The molecule has 0 saturated heterocycles. The summed E-state index contributed by atoms with van der Waals surface area (Å²) in [6, 6.07) is 11.5. The number of hydrogen-bond acceptors (Lipinski definition) is 7. The highest BCUT2D eigenvalue weighted by Gasteiger charge is 2.17. The van der Waals surface area contributed by atoms with Gasteiger partial charge in [0, 0.05) is 13.1 Å². The van der Waals surface area contributed by atoms with E-state index in [2.05, 4.69) is 5.32 Å². The van der Waals surface area contributed by atoms with Crippen LogP contribution < -0.4 is 19.9 Å². The van der Waals surface area contributed by atoms with Gasteiger partial charge in [0.2, 0.25) is 10.0 Å². The van der Waals surface area contributed by atoms with Gasteiger partial charge in [-0.05, 0) is 29.3 Å². The van der Waals surface area contributed by atoms with Crippen molar-refractivity contribution in [2.45, 2.75) is 17.6 Å². The summed E-state index contributed by atoms with van der Waals surface area (Å²) in [5, 5.41) is 27.7. The Labute approximate surface area is 158 Å². The SMILES string of the molecule is COc1ccccc1OCCNCC(O)c1ccc(CO)c(S(N)(=O)=O)c1. The van der Waals surface area contributed by atoms with Crippen LogP contribution in [0.2, 0.25) is 0 Å². The Morgan fingerprint density at radius 2 is 1.89 bits per heavy atom. The summed E-state index contributed by atoms with van der Waals surface area (Å²) < 4.78 is 34.0. The number of rotatable bonds is 10. The van der Waals surface area contributed by atoms with Crippen LogP contribution in [0.3, 0.4) is 0 Å². The minimum atomic E-state index is -3.99. The predicted octanol–water partition coefficient (Wildman–Crippen LogP) is 0.537. The average molecular weight is 396 g/mol. The lowest BCUT2D eigenvalue weighted by molar-refractivity contribution is 0.171. The monoisotopic (exact) mass is 396 g/mol. The van der Waals surface area contributed by atoms with Crippen molar-refractivity contribution in [2.75, 3.05) is 26.8 Å². The van der Waals surface area contributed by atoms with E-state index in [0.717, 1.165) is 0 Å². The number of methoxy groups -OCH3 is 1. The molecule has 27 heavy (non-hydrogen) atoms. The molecule has 0 aliphatic rings. The van der Waals surface area contributed by atoms with E-state index in [1.807, 2.05) is 12.1 Å². The first kappa shape index (κ1) is 21.1. The number of benzene rings is 2. The van der Waals surface area contributed by atoms with Crippen molar-refractivity contribution >= 4 is 10.0 Å². The Hall–Kier alpha value is -2.17. The largest absolute Gasteiger partial charge is 0.493 e. The number of sulfonamides is 1. The molecule has 0 heterocycles. The van der Waals surface area contributed by atoms with E-state index >= 15 is 0 Å². The van der Waals surface area contributed by atoms with Crippen molar-refractivity contribution in [3.05, 3.63) is 53.6 Å². The van der Waals surface area contributed by atoms with Crippen LogP contribution in [0.1, 0.15) is 17.2 Å². The van der Waals surface area contributed by atoms with Gasteiger partial charge in [-0.25, -0.2) is 13.6 Å². The van der Waals surface area contributed by atoms with Gasteiger partial charge in [0.15, 0.2) is 11.5 Å². The molecule has 2 aromatic carbocycles. The number of nitrogens with two attached hydrogens (primary N) is 1. The van der Waals surface area contributed by atoms with Crippen LogP contribution in [0.5, 0.6) is 11.5 Å². The van der Waals surface area contributed by atoms with Gasteiger partial charge in [-0.1, -0.05) is 24.3 Å². The minimum Gasteiger partial charge on any atom is -0.493 e. The van der Waals surface area contributed by atoms with E-state index in [1.54, 1.807) is 25.3 Å². The van der Waals surface area contributed by atoms with E-state index in [-0.39, 0.29) is 17.0 Å². The normalized spacial score (nSPS) is 12.6. The Morgan fingerprint density at radius 3 is 2.52 bits per heavy atom. The number of hydrogen-bond donors (Lipinski definition) is 4. The molecule has 0 radical (unpaired) electrons. The van der Waals surface area contributed by atoms with Gasteiger partial charge in [-0.15, -0.1) is 0 Å². The van der Waals surface area contributed by atoms with Gasteiger partial charge < -0.3 is 25.0 Å². The number of aliphatic hydroxyl groups excluding tert-OH is 2. The molecule has 0 aliphatic carbocycles. The van der Waals surface area contributed by atoms with Gasteiger partial charge in [-0.3, -0.25) is 0 Å². The topological polar surface area (TPSA) is 131 Å². The number of aliphatic hydroxyl groups is 2. The van der Waals surface area contributed by atoms with Gasteiger partial charge in [0.05, 0.1) is 24.7 Å². The standard InChI is InChI=1S/C18H24N2O6S/c1-25-16-4-2-3-5-17(16)26-9-8-20-11-15(22)13-6-7-14(12-21)18(10-13)27(19,23)24/h2-7,10,15,20-22H,8-9,11-12H2,1H3,(H2,19,23,24). The predicted molar refractivity (Wildman–Crippen MR) is 100 cm³/mol. The Morgan fingerprint density at radius 1 is 1.19 bits per heavy atom. The molecular formula is C18H24N2O6S. The molecule has 0 fully saturated rings. The van der Waals surface area contributed by atoms with Crippen LogP contribution in [0.25, 0.3) is 0 Å². The molecule has 9 heteroatoms. The fourth-order valence-electron chi connectivity index (χ4n) is 2.50. The van der Waals surface area contributed by atoms with Crippen molar-refractivity contribution in [3.8, 4) is 11.5 Å². The number of ether oxygens (including phenoxy) is 2. The molecule has 0 saturated carbocycles. The molecule has 0 aliphatic heterocycles. The average Bonchev–Trinajstić information content (AvgIpc) is 2.66. The third-order valence-electron chi connectivity index (χ3n) is 3.90. The van der Waals surface area contributed by atoms with Crippen LogP contribution in [-0.2, 0) is 16.6 Å². The summed E-state index contributed by atoms with van der Waals surface area (Å²) in [6.07, 6.45) is -0.940. The summed E-state index contributed by atoms with van der Waals surface area (Å²) in [7, 11) is -2.43. The molecule has 5 N–H and O–H groups in total. The molecule has 1 atom stereocenters. The Balaban J connectivity index is 1.88. The molecule has 8 nitrogen and oxygen atoms in total.